The number of nitrogens with one attached hydrogen (secondary N) is 1. The molecule has 0 heterocycles. The molecule has 3 heteroatoms. The molecule has 0 unspecified atom stereocenters. The van der Waals surface area contributed by atoms with Gasteiger partial charge in [0, 0.05) is 16.3 Å². The number of allylic oxidation sites excluding steroid dienone is 1. The number of anilines is 1. The molecule has 86 valence electrons. The van der Waals surface area contributed by atoms with Crippen LogP contribution in [0.1, 0.15) is 25.8 Å². The van der Waals surface area contributed by atoms with Crippen molar-refractivity contribution >= 4 is 23.2 Å². The highest BCUT2D eigenvalue weighted by Gasteiger charge is 2.05. The summed E-state index contributed by atoms with van der Waals surface area (Å²) in [4.78, 5) is 11.7. The summed E-state index contributed by atoms with van der Waals surface area (Å²) >= 11 is 5.97. The highest BCUT2D eigenvalue weighted by molar-refractivity contribution is 6.31. The third-order valence-corrected chi connectivity index (χ3v) is 2.71. The van der Waals surface area contributed by atoms with Crippen LogP contribution in [0.25, 0.3) is 0 Å². The van der Waals surface area contributed by atoms with E-state index >= 15 is 0 Å². The van der Waals surface area contributed by atoms with E-state index in [9.17, 15) is 4.79 Å². The van der Waals surface area contributed by atoms with Gasteiger partial charge >= 0.3 is 0 Å². The summed E-state index contributed by atoms with van der Waals surface area (Å²) in [6.07, 6.45) is 2.75. The molecule has 0 aliphatic rings. The van der Waals surface area contributed by atoms with E-state index < -0.39 is 0 Å². The second-order valence-electron chi connectivity index (χ2n) is 3.71. The number of halogens is 1. The van der Waals surface area contributed by atoms with Crippen molar-refractivity contribution in [2.24, 2.45) is 0 Å². The molecule has 0 aromatic heterocycles. The number of benzene rings is 1. The Kier molecular flexibility index (Phi) is 4.56. The highest BCUT2D eigenvalue weighted by Crippen LogP contribution is 2.20. The predicted molar refractivity (Wildman–Crippen MR) is 68.9 cm³/mol. The van der Waals surface area contributed by atoms with Gasteiger partial charge in [0.25, 0.3) is 5.91 Å². The monoisotopic (exact) mass is 237 g/mol. The van der Waals surface area contributed by atoms with Crippen molar-refractivity contribution in [1.82, 2.24) is 0 Å². The fourth-order valence-electron chi connectivity index (χ4n) is 1.30. The maximum absolute atomic E-state index is 11.7. The molecule has 16 heavy (non-hydrogen) atoms. The smallest absolute Gasteiger partial charge is 0.250 e. The summed E-state index contributed by atoms with van der Waals surface area (Å²) in [7, 11) is 0. The highest BCUT2D eigenvalue weighted by atomic mass is 35.5. The van der Waals surface area contributed by atoms with E-state index in [0.717, 1.165) is 23.2 Å². The number of carbonyl (C=O) groups excluding carboxylic acids is 1. The largest absolute Gasteiger partial charge is 0.322 e. The molecule has 0 aliphatic heterocycles. The molecular weight excluding hydrogens is 222 g/mol. The average molecular weight is 238 g/mol. The molecular formula is C13H16ClNO. The van der Waals surface area contributed by atoms with Gasteiger partial charge in [0.05, 0.1) is 0 Å². The van der Waals surface area contributed by atoms with Crippen molar-refractivity contribution < 1.29 is 4.79 Å². The van der Waals surface area contributed by atoms with Crippen LogP contribution in [-0.4, -0.2) is 5.91 Å². The maximum atomic E-state index is 11.7. The van der Waals surface area contributed by atoms with Gasteiger partial charge in [-0.25, -0.2) is 0 Å². The zero-order chi connectivity index (χ0) is 12.1. The molecule has 0 saturated carbocycles. The number of amides is 1. The van der Waals surface area contributed by atoms with E-state index in [1.54, 1.807) is 13.0 Å². The third kappa shape index (κ3) is 3.38. The summed E-state index contributed by atoms with van der Waals surface area (Å²) in [6.45, 7) is 5.73. The van der Waals surface area contributed by atoms with Gasteiger partial charge in [-0.2, -0.15) is 0 Å². The topological polar surface area (TPSA) is 29.1 Å². The Hall–Kier alpha value is -1.28. The van der Waals surface area contributed by atoms with Crippen molar-refractivity contribution in [2.45, 2.75) is 27.2 Å². The van der Waals surface area contributed by atoms with Crippen molar-refractivity contribution in [3.8, 4) is 0 Å². The molecule has 0 aliphatic carbocycles. The lowest BCUT2D eigenvalue weighted by molar-refractivity contribution is -0.112. The van der Waals surface area contributed by atoms with Gasteiger partial charge in [-0.3, -0.25) is 4.79 Å². The van der Waals surface area contributed by atoms with E-state index in [-0.39, 0.29) is 5.91 Å². The van der Waals surface area contributed by atoms with E-state index in [2.05, 4.69) is 5.32 Å². The Bertz CT molecular complexity index is 424. The summed E-state index contributed by atoms with van der Waals surface area (Å²) in [6, 6.07) is 5.49. The minimum Gasteiger partial charge on any atom is -0.322 e. The fraction of sp³-hybridized carbons (Fsp3) is 0.308. The molecule has 1 N–H and O–H groups in total. The van der Waals surface area contributed by atoms with Gasteiger partial charge in [0.2, 0.25) is 0 Å². The first-order chi connectivity index (χ1) is 7.54. The molecule has 0 radical (unpaired) electrons. The SMILES string of the molecule is CC/C=C(\C)C(=O)Nc1ccc(C)c(Cl)c1. The lowest BCUT2D eigenvalue weighted by Crippen LogP contribution is -2.12. The van der Waals surface area contributed by atoms with Crippen LogP contribution in [0.4, 0.5) is 5.69 Å². The molecule has 0 fully saturated rings. The van der Waals surface area contributed by atoms with Crippen LogP contribution in [0.3, 0.4) is 0 Å². The lowest BCUT2D eigenvalue weighted by Gasteiger charge is -2.06. The summed E-state index contributed by atoms with van der Waals surface area (Å²) in [5.74, 6) is -0.0817. The quantitative estimate of drug-likeness (QED) is 0.793. The molecule has 0 spiro atoms. The first-order valence-corrected chi connectivity index (χ1v) is 5.66. The Morgan fingerprint density at radius 3 is 2.75 bits per heavy atom. The molecule has 1 aromatic rings. The molecule has 1 rings (SSSR count). The fourth-order valence-corrected chi connectivity index (χ4v) is 1.48. The van der Waals surface area contributed by atoms with Crippen LogP contribution in [0.15, 0.2) is 29.8 Å². The molecule has 2 nitrogen and oxygen atoms in total. The zero-order valence-corrected chi connectivity index (χ0v) is 10.6. The Balaban J connectivity index is 2.77. The zero-order valence-electron chi connectivity index (χ0n) is 9.80. The van der Waals surface area contributed by atoms with E-state index in [1.807, 2.05) is 32.1 Å². The van der Waals surface area contributed by atoms with Crippen LogP contribution in [0, 0.1) is 6.92 Å². The number of hydrogen-bond donors (Lipinski definition) is 1. The molecule has 1 aromatic carbocycles. The van der Waals surface area contributed by atoms with Crippen molar-refractivity contribution in [3.05, 3.63) is 40.4 Å². The standard InChI is InChI=1S/C13H16ClNO/c1-4-5-10(3)13(16)15-11-7-6-9(2)12(14)8-11/h5-8H,4H2,1-3H3,(H,15,16)/b10-5+. The van der Waals surface area contributed by atoms with Crippen LogP contribution in [-0.2, 0) is 4.79 Å². The summed E-state index contributed by atoms with van der Waals surface area (Å²) in [5, 5.41) is 3.46. The van der Waals surface area contributed by atoms with Gasteiger partial charge < -0.3 is 5.32 Å². The van der Waals surface area contributed by atoms with Crippen LogP contribution in [0.5, 0.6) is 0 Å². The minimum absolute atomic E-state index is 0.0817. The van der Waals surface area contributed by atoms with Gasteiger partial charge in [-0.15, -0.1) is 0 Å². The number of carbonyl (C=O) groups is 1. The normalized spacial score (nSPS) is 11.4. The summed E-state index contributed by atoms with van der Waals surface area (Å²) < 4.78 is 0. The summed E-state index contributed by atoms with van der Waals surface area (Å²) in [5.41, 5.74) is 2.45. The van der Waals surface area contributed by atoms with E-state index in [0.29, 0.717) is 5.02 Å². The van der Waals surface area contributed by atoms with Gasteiger partial charge in [0.1, 0.15) is 0 Å². The van der Waals surface area contributed by atoms with E-state index in [4.69, 9.17) is 11.6 Å². The van der Waals surface area contributed by atoms with Crippen molar-refractivity contribution in [2.75, 3.05) is 5.32 Å². The average Bonchev–Trinajstić information content (AvgIpc) is 2.24. The number of hydrogen-bond acceptors (Lipinski definition) is 1. The second-order valence-corrected chi connectivity index (χ2v) is 4.12. The molecule has 0 atom stereocenters. The first kappa shape index (κ1) is 12.8. The number of aryl methyl sites for hydroxylation is 1. The van der Waals surface area contributed by atoms with Gasteiger partial charge in [-0.1, -0.05) is 30.7 Å². The van der Waals surface area contributed by atoms with Crippen LogP contribution >= 0.6 is 11.6 Å². The Morgan fingerprint density at radius 2 is 2.19 bits per heavy atom. The maximum Gasteiger partial charge on any atom is 0.250 e. The molecule has 1 amide bonds. The van der Waals surface area contributed by atoms with Crippen molar-refractivity contribution in [3.63, 3.8) is 0 Å². The Labute approximate surface area is 101 Å². The van der Waals surface area contributed by atoms with Crippen LogP contribution in [0.2, 0.25) is 5.02 Å². The number of rotatable bonds is 3. The van der Waals surface area contributed by atoms with Gasteiger partial charge in [0.15, 0.2) is 0 Å². The van der Waals surface area contributed by atoms with E-state index in [1.165, 1.54) is 0 Å². The molecule has 0 saturated heterocycles. The van der Waals surface area contributed by atoms with Crippen LogP contribution < -0.4 is 5.32 Å². The first-order valence-electron chi connectivity index (χ1n) is 5.29. The lowest BCUT2D eigenvalue weighted by atomic mass is 10.2. The Morgan fingerprint density at radius 1 is 1.50 bits per heavy atom. The van der Waals surface area contributed by atoms with Crippen molar-refractivity contribution in [1.29, 1.82) is 0 Å². The van der Waals surface area contributed by atoms with Gasteiger partial charge in [-0.05, 0) is 38.0 Å². The minimum atomic E-state index is -0.0817. The third-order valence-electron chi connectivity index (χ3n) is 2.30. The second kappa shape index (κ2) is 5.71. The predicted octanol–water partition coefficient (Wildman–Crippen LogP) is 3.94. The molecule has 0 bridgehead atoms.